The number of aliphatic hydroxyl groups excluding tert-OH is 1. The van der Waals surface area contributed by atoms with Gasteiger partial charge in [0, 0.05) is 17.5 Å². The Morgan fingerprint density at radius 1 is 1.13 bits per heavy atom. The van der Waals surface area contributed by atoms with Gasteiger partial charge in [-0.25, -0.2) is 0 Å². The molecular weight excluding hydrogens is 510 g/mol. The fourth-order valence-corrected chi connectivity index (χ4v) is 9.08. The number of nitrogens with one attached hydrogen (secondary N) is 2. The quantitative estimate of drug-likeness (QED) is 0.438. The maximum atomic E-state index is 14.3. The average molecular weight is 550 g/mol. The fourth-order valence-electron chi connectivity index (χ4n) is 6.88. The number of hydrogen-bond acceptors (Lipinski definition) is 5. The van der Waals surface area contributed by atoms with Gasteiger partial charge in [0.05, 0.1) is 29.2 Å². The predicted molar refractivity (Wildman–Crippen MR) is 154 cm³/mol. The molecule has 3 fully saturated rings. The lowest BCUT2D eigenvalue weighted by atomic mass is 9.70. The standard InChI is InChI=1S/C31H39N3O4S/c1-18(2)14-22(17-35)34-27(29(37)33-23-15-19(3)10-11-20(23)4)31-13-12-24(39-31)25(26(31)30(34)38)28(36)32-16-21-8-6-5-7-9-21/h5-11,15,18,22,24-27,35H,12-14,16-17H2,1-4H3,(H,32,36)(H,33,37)/t22-,24-,25+,26+,27?,31?/m1/s1. The van der Waals surface area contributed by atoms with Crippen LogP contribution in [0.1, 0.15) is 49.8 Å². The largest absolute Gasteiger partial charge is 0.394 e. The number of aryl methyl sites for hydroxylation is 2. The molecule has 0 saturated carbocycles. The van der Waals surface area contributed by atoms with Crippen molar-refractivity contribution in [3.63, 3.8) is 0 Å². The molecule has 8 heteroatoms. The van der Waals surface area contributed by atoms with Crippen LogP contribution in [0.25, 0.3) is 0 Å². The summed E-state index contributed by atoms with van der Waals surface area (Å²) in [5.41, 5.74) is 3.71. The summed E-state index contributed by atoms with van der Waals surface area (Å²) in [4.78, 5) is 43.7. The summed E-state index contributed by atoms with van der Waals surface area (Å²) in [6.45, 7) is 8.20. The van der Waals surface area contributed by atoms with Gasteiger partial charge in [-0.3, -0.25) is 14.4 Å². The molecule has 5 rings (SSSR count). The normalized spacial score (nSPS) is 28.1. The van der Waals surface area contributed by atoms with E-state index in [2.05, 4.69) is 10.6 Å². The number of anilines is 1. The number of hydrogen-bond donors (Lipinski definition) is 3. The van der Waals surface area contributed by atoms with Gasteiger partial charge in [0.25, 0.3) is 0 Å². The Morgan fingerprint density at radius 2 is 1.87 bits per heavy atom. The van der Waals surface area contributed by atoms with Gasteiger partial charge in [0.2, 0.25) is 17.7 Å². The van der Waals surface area contributed by atoms with Gasteiger partial charge >= 0.3 is 0 Å². The van der Waals surface area contributed by atoms with E-state index in [1.165, 1.54) is 0 Å². The van der Waals surface area contributed by atoms with Crippen molar-refractivity contribution in [3.8, 4) is 0 Å². The minimum atomic E-state index is -0.757. The van der Waals surface area contributed by atoms with E-state index < -0.39 is 28.7 Å². The van der Waals surface area contributed by atoms with Crippen molar-refractivity contribution in [1.82, 2.24) is 10.2 Å². The number of thioether (sulfide) groups is 1. The van der Waals surface area contributed by atoms with E-state index in [0.717, 1.165) is 28.8 Å². The number of nitrogens with zero attached hydrogens (tertiary/aromatic N) is 1. The molecule has 2 unspecified atom stereocenters. The zero-order chi connectivity index (χ0) is 27.9. The number of likely N-dealkylation sites (tertiary alicyclic amines) is 1. The lowest BCUT2D eigenvalue weighted by Crippen LogP contribution is -2.55. The number of fused-ring (bicyclic) bond motifs is 1. The molecule has 3 saturated heterocycles. The van der Waals surface area contributed by atoms with E-state index in [1.807, 2.05) is 76.2 Å². The van der Waals surface area contributed by atoms with E-state index in [4.69, 9.17) is 0 Å². The monoisotopic (exact) mass is 549 g/mol. The summed E-state index contributed by atoms with van der Waals surface area (Å²) in [6, 6.07) is 14.4. The predicted octanol–water partition coefficient (Wildman–Crippen LogP) is 4.06. The van der Waals surface area contributed by atoms with Crippen LogP contribution in [0, 0.1) is 31.6 Å². The molecule has 0 radical (unpaired) electrons. The van der Waals surface area contributed by atoms with Gasteiger partial charge in [0.15, 0.2) is 0 Å². The SMILES string of the molecule is Cc1ccc(C)c(NC(=O)C2N([C@@H](CO)CC(C)C)C(=O)[C@@H]3[C@@H](C(=O)NCc4ccccc4)[C@H]4CCC23S4)c1. The topological polar surface area (TPSA) is 98.7 Å². The minimum Gasteiger partial charge on any atom is -0.394 e. The first-order valence-electron chi connectivity index (χ1n) is 14.0. The van der Waals surface area contributed by atoms with Gasteiger partial charge in [-0.05, 0) is 61.8 Å². The second kappa shape index (κ2) is 11.0. The van der Waals surface area contributed by atoms with Crippen molar-refractivity contribution in [2.75, 3.05) is 11.9 Å². The average Bonchev–Trinajstić information content (AvgIpc) is 3.56. The third kappa shape index (κ3) is 4.97. The van der Waals surface area contributed by atoms with Gasteiger partial charge < -0.3 is 20.6 Å². The van der Waals surface area contributed by atoms with Crippen molar-refractivity contribution in [3.05, 3.63) is 65.2 Å². The molecule has 0 aliphatic carbocycles. The molecule has 3 heterocycles. The third-order valence-corrected chi connectivity index (χ3v) is 10.5. The highest BCUT2D eigenvalue weighted by atomic mass is 32.2. The summed E-state index contributed by atoms with van der Waals surface area (Å²) in [5.74, 6) is -1.40. The molecule has 3 N–H and O–H groups in total. The maximum Gasteiger partial charge on any atom is 0.248 e. The van der Waals surface area contributed by atoms with Crippen LogP contribution in [-0.4, -0.2) is 56.4 Å². The van der Waals surface area contributed by atoms with Gasteiger partial charge in [-0.1, -0.05) is 56.3 Å². The highest BCUT2D eigenvalue weighted by molar-refractivity contribution is 8.02. The Morgan fingerprint density at radius 3 is 2.56 bits per heavy atom. The van der Waals surface area contributed by atoms with Gasteiger partial charge in [0.1, 0.15) is 6.04 Å². The van der Waals surface area contributed by atoms with Gasteiger partial charge in [-0.15, -0.1) is 11.8 Å². The van der Waals surface area contributed by atoms with Crippen molar-refractivity contribution >= 4 is 35.2 Å². The first kappa shape index (κ1) is 27.7. The summed E-state index contributed by atoms with van der Waals surface area (Å²) >= 11 is 1.65. The van der Waals surface area contributed by atoms with Crippen molar-refractivity contribution in [2.45, 2.75) is 75.6 Å². The number of rotatable bonds is 9. The van der Waals surface area contributed by atoms with Crippen LogP contribution in [0.2, 0.25) is 0 Å². The van der Waals surface area contributed by atoms with E-state index in [9.17, 15) is 19.5 Å². The van der Waals surface area contributed by atoms with E-state index in [-0.39, 0.29) is 35.5 Å². The Hall–Kier alpha value is -2.84. The zero-order valence-electron chi connectivity index (χ0n) is 23.1. The summed E-state index contributed by atoms with van der Waals surface area (Å²) in [7, 11) is 0. The van der Waals surface area contributed by atoms with E-state index in [0.29, 0.717) is 19.4 Å². The molecular formula is C31H39N3O4S. The maximum absolute atomic E-state index is 14.3. The molecule has 208 valence electrons. The highest BCUT2D eigenvalue weighted by Gasteiger charge is 2.74. The van der Waals surface area contributed by atoms with Crippen LogP contribution < -0.4 is 10.6 Å². The second-order valence-electron chi connectivity index (χ2n) is 11.8. The number of carbonyl (C=O) groups is 3. The Balaban J connectivity index is 1.48. The Bertz CT molecular complexity index is 1250. The van der Waals surface area contributed by atoms with Crippen molar-refractivity contribution in [2.24, 2.45) is 17.8 Å². The number of benzene rings is 2. The van der Waals surface area contributed by atoms with Crippen molar-refractivity contribution < 1.29 is 19.5 Å². The molecule has 0 aromatic heterocycles. The molecule has 3 amide bonds. The first-order chi connectivity index (χ1) is 18.7. The van der Waals surface area contributed by atoms with E-state index in [1.54, 1.807) is 16.7 Å². The summed E-state index contributed by atoms with van der Waals surface area (Å²) in [5, 5.41) is 16.6. The van der Waals surface area contributed by atoms with Crippen LogP contribution >= 0.6 is 11.8 Å². The van der Waals surface area contributed by atoms with E-state index >= 15 is 0 Å². The lowest BCUT2D eigenvalue weighted by molar-refractivity contribution is -0.142. The minimum absolute atomic E-state index is 0.00875. The van der Waals surface area contributed by atoms with Crippen molar-refractivity contribution in [1.29, 1.82) is 0 Å². The van der Waals surface area contributed by atoms with Crippen LogP contribution in [0.4, 0.5) is 5.69 Å². The molecule has 2 aromatic carbocycles. The second-order valence-corrected chi connectivity index (χ2v) is 13.4. The smallest absolute Gasteiger partial charge is 0.248 e. The molecule has 6 atom stereocenters. The summed E-state index contributed by atoms with van der Waals surface area (Å²) < 4.78 is -0.692. The fraction of sp³-hybridized carbons (Fsp3) is 0.516. The van der Waals surface area contributed by atoms with Crippen LogP contribution in [-0.2, 0) is 20.9 Å². The molecule has 3 aliphatic rings. The molecule has 2 bridgehead atoms. The number of aliphatic hydroxyl groups is 1. The van der Waals surface area contributed by atoms with Gasteiger partial charge in [-0.2, -0.15) is 0 Å². The molecule has 3 aliphatic heterocycles. The molecule has 7 nitrogen and oxygen atoms in total. The summed E-state index contributed by atoms with van der Waals surface area (Å²) in [6.07, 6.45) is 2.06. The van der Waals surface area contributed by atoms with Crippen LogP contribution in [0.5, 0.6) is 0 Å². The molecule has 2 aromatic rings. The molecule has 39 heavy (non-hydrogen) atoms. The third-order valence-electron chi connectivity index (χ3n) is 8.60. The number of amides is 3. The lowest BCUT2D eigenvalue weighted by Gasteiger charge is -2.37. The number of carbonyl (C=O) groups excluding carboxylic acids is 3. The van der Waals surface area contributed by atoms with Crippen LogP contribution in [0.15, 0.2) is 48.5 Å². The molecule has 1 spiro atoms. The first-order valence-corrected chi connectivity index (χ1v) is 14.8. The highest BCUT2D eigenvalue weighted by Crippen LogP contribution is 2.66. The van der Waals surface area contributed by atoms with Crippen LogP contribution in [0.3, 0.4) is 0 Å². The Labute approximate surface area is 235 Å². The zero-order valence-corrected chi connectivity index (χ0v) is 24.0. The Kier molecular flexibility index (Phi) is 7.80.